The van der Waals surface area contributed by atoms with Gasteiger partial charge in [-0.1, -0.05) is 23.8 Å². The summed E-state index contributed by atoms with van der Waals surface area (Å²) in [4.78, 5) is 37.3. The number of Topliss-reactive ketones (excluding diaryl/α,β-unsaturated/α-hetero) is 1. The number of rotatable bonds is 4. The number of aliphatic hydroxyl groups excluding tert-OH is 1. The van der Waals surface area contributed by atoms with Gasteiger partial charge in [-0.15, -0.1) is 11.3 Å². The fourth-order valence-corrected chi connectivity index (χ4v) is 4.72. The van der Waals surface area contributed by atoms with E-state index in [0.717, 1.165) is 16.1 Å². The minimum atomic E-state index is -0.825. The van der Waals surface area contributed by atoms with Gasteiger partial charge in [-0.05, 0) is 51.5 Å². The van der Waals surface area contributed by atoms with Crippen molar-refractivity contribution in [1.82, 2.24) is 9.97 Å². The standard InChI is InChI=1S/C23H21N3O3S/c1-12-8-9-17(13(2)11-12)26-19(16-7-5-6-10-24-16)18(21(28)23(26)29)20(27)22-14(3)25-15(4)30-22/h5-11,19,28H,1-4H3. The maximum Gasteiger partial charge on any atom is 0.294 e. The van der Waals surface area contributed by atoms with Gasteiger partial charge in [0.25, 0.3) is 5.91 Å². The predicted octanol–water partition coefficient (Wildman–Crippen LogP) is 4.55. The van der Waals surface area contributed by atoms with Crippen LogP contribution in [-0.4, -0.2) is 26.8 Å². The second-order valence-corrected chi connectivity index (χ2v) is 8.56. The van der Waals surface area contributed by atoms with Crippen LogP contribution in [-0.2, 0) is 4.79 Å². The highest BCUT2D eigenvalue weighted by Crippen LogP contribution is 2.43. The average Bonchev–Trinajstić information content (AvgIpc) is 3.18. The number of anilines is 1. The van der Waals surface area contributed by atoms with E-state index in [1.54, 1.807) is 31.3 Å². The van der Waals surface area contributed by atoms with Crippen molar-refractivity contribution in [3.63, 3.8) is 0 Å². The number of aliphatic hydroxyl groups is 1. The molecule has 7 heteroatoms. The van der Waals surface area contributed by atoms with Crippen molar-refractivity contribution in [1.29, 1.82) is 0 Å². The molecule has 0 spiro atoms. The highest BCUT2D eigenvalue weighted by atomic mass is 32.1. The number of pyridine rings is 1. The summed E-state index contributed by atoms with van der Waals surface area (Å²) < 4.78 is 0. The Kier molecular flexibility index (Phi) is 4.99. The van der Waals surface area contributed by atoms with E-state index in [9.17, 15) is 14.7 Å². The Bertz CT molecular complexity index is 1200. The minimum absolute atomic E-state index is 0.0328. The Balaban J connectivity index is 1.91. The quantitative estimate of drug-likeness (QED) is 0.627. The molecule has 152 valence electrons. The summed E-state index contributed by atoms with van der Waals surface area (Å²) >= 11 is 1.26. The molecule has 0 saturated carbocycles. The third-order valence-corrected chi connectivity index (χ3v) is 6.21. The van der Waals surface area contributed by atoms with E-state index < -0.39 is 23.5 Å². The second-order valence-electron chi connectivity index (χ2n) is 7.36. The van der Waals surface area contributed by atoms with Gasteiger partial charge >= 0.3 is 0 Å². The fourth-order valence-electron chi connectivity index (χ4n) is 3.84. The van der Waals surface area contributed by atoms with E-state index >= 15 is 0 Å². The topological polar surface area (TPSA) is 83.4 Å². The number of hydrogen-bond donors (Lipinski definition) is 1. The lowest BCUT2D eigenvalue weighted by Gasteiger charge is -2.27. The fraction of sp³-hybridized carbons (Fsp3) is 0.217. The number of nitrogens with zero attached hydrogens (tertiary/aromatic N) is 3. The van der Waals surface area contributed by atoms with Gasteiger partial charge in [0.2, 0.25) is 5.78 Å². The number of carbonyl (C=O) groups is 2. The molecule has 3 aromatic rings. The number of aryl methyl sites for hydroxylation is 4. The van der Waals surface area contributed by atoms with Crippen LogP contribution in [0.4, 0.5) is 5.69 Å². The van der Waals surface area contributed by atoms with Crippen molar-refractivity contribution in [3.8, 4) is 0 Å². The Labute approximate surface area is 178 Å². The first kappa shape index (κ1) is 20.0. The molecule has 1 N–H and O–H groups in total. The van der Waals surface area contributed by atoms with Gasteiger partial charge in [0, 0.05) is 11.9 Å². The first-order valence-electron chi connectivity index (χ1n) is 9.53. The van der Waals surface area contributed by atoms with E-state index in [-0.39, 0.29) is 5.57 Å². The van der Waals surface area contributed by atoms with E-state index in [0.29, 0.717) is 22.0 Å². The van der Waals surface area contributed by atoms with Crippen LogP contribution in [0.15, 0.2) is 53.9 Å². The molecular weight excluding hydrogens is 398 g/mol. The van der Waals surface area contributed by atoms with E-state index in [2.05, 4.69) is 9.97 Å². The molecule has 2 aromatic heterocycles. The molecule has 1 unspecified atom stereocenters. The molecule has 0 aliphatic carbocycles. The van der Waals surface area contributed by atoms with Crippen LogP contribution in [0.25, 0.3) is 0 Å². The highest BCUT2D eigenvalue weighted by Gasteiger charge is 2.46. The van der Waals surface area contributed by atoms with Gasteiger partial charge < -0.3 is 5.11 Å². The Hall–Kier alpha value is -3.32. The normalized spacial score (nSPS) is 16.5. The van der Waals surface area contributed by atoms with E-state index in [1.807, 2.05) is 39.0 Å². The third-order valence-electron chi connectivity index (χ3n) is 5.14. The lowest BCUT2D eigenvalue weighted by molar-refractivity contribution is -0.117. The lowest BCUT2D eigenvalue weighted by atomic mass is 9.97. The number of ketones is 1. The van der Waals surface area contributed by atoms with E-state index in [4.69, 9.17) is 0 Å². The number of benzene rings is 1. The maximum atomic E-state index is 13.5. The van der Waals surface area contributed by atoms with Crippen molar-refractivity contribution in [2.75, 3.05) is 4.90 Å². The Morgan fingerprint density at radius 1 is 1.13 bits per heavy atom. The SMILES string of the molecule is Cc1ccc(N2C(=O)C(O)=C(C(=O)c3sc(C)nc3C)C2c2ccccn2)c(C)c1. The van der Waals surface area contributed by atoms with Gasteiger partial charge in [0.1, 0.15) is 6.04 Å². The third kappa shape index (κ3) is 3.21. The molecule has 3 heterocycles. The van der Waals surface area contributed by atoms with Gasteiger partial charge in [0.05, 0.1) is 26.8 Å². The molecule has 0 radical (unpaired) electrons. The summed E-state index contributed by atoms with van der Waals surface area (Å²) in [7, 11) is 0. The number of thiazole rings is 1. The van der Waals surface area contributed by atoms with Gasteiger partial charge in [-0.2, -0.15) is 0 Å². The zero-order valence-corrected chi connectivity index (χ0v) is 17.9. The molecule has 4 rings (SSSR count). The molecule has 1 atom stereocenters. The van der Waals surface area contributed by atoms with Crippen molar-refractivity contribution < 1.29 is 14.7 Å². The smallest absolute Gasteiger partial charge is 0.294 e. The molecule has 30 heavy (non-hydrogen) atoms. The van der Waals surface area contributed by atoms with Crippen LogP contribution >= 0.6 is 11.3 Å². The van der Waals surface area contributed by atoms with Crippen LogP contribution in [0, 0.1) is 27.7 Å². The Morgan fingerprint density at radius 3 is 2.50 bits per heavy atom. The summed E-state index contributed by atoms with van der Waals surface area (Å²) in [6, 6.07) is 10.2. The molecule has 1 aliphatic heterocycles. The minimum Gasteiger partial charge on any atom is -0.503 e. The number of carbonyl (C=O) groups excluding carboxylic acids is 2. The van der Waals surface area contributed by atoms with Crippen LogP contribution in [0.3, 0.4) is 0 Å². The van der Waals surface area contributed by atoms with Crippen LogP contribution in [0.1, 0.15) is 43.2 Å². The Morgan fingerprint density at radius 2 is 1.90 bits per heavy atom. The number of aromatic nitrogens is 2. The van der Waals surface area contributed by atoms with Crippen molar-refractivity contribution in [3.05, 3.63) is 86.3 Å². The van der Waals surface area contributed by atoms with Crippen molar-refractivity contribution >= 4 is 28.7 Å². The maximum absolute atomic E-state index is 13.5. The average molecular weight is 420 g/mol. The van der Waals surface area contributed by atoms with Crippen molar-refractivity contribution in [2.24, 2.45) is 0 Å². The lowest BCUT2D eigenvalue weighted by Crippen LogP contribution is -2.32. The molecule has 1 aliphatic rings. The highest BCUT2D eigenvalue weighted by molar-refractivity contribution is 7.14. The molecule has 1 aromatic carbocycles. The first-order valence-corrected chi connectivity index (χ1v) is 10.3. The summed E-state index contributed by atoms with van der Waals surface area (Å²) in [5.74, 6) is -1.55. The summed E-state index contributed by atoms with van der Waals surface area (Å²) in [6.07, 6.45) is 1.61. The first-order chi connectivity index (χ1) is 14.3. The summed E-state index contributed by atoms with van der Waals surface area (Å²) in [5.41, 5.74) is 3.69. The van der Waals surface area contributed by atoms with E-state index in [1.165, 1.54) is 16.2 Å². The monoisotopic (exact) mass is 419 g/mol. The molecule has 1 amide bonds. The van der Waals surface area contributed by atoms with Gasteiger partial charge in [-0.3, -0.25) is 19.5 Å². The number of amides is 1. The van der Waals surface area contributed by atoms with Crippen LogP contribution in [0.5, 0.6) is 0 Å². The predicted molar refractivity (Wildman–Crippen MR) is 116 cm³/mol. The zero-order chi connectivity index (χ0) is 21.6. The van der Waals surface area contributed by atoms with Crippen molar-refractivity contribution in [2.45, 2.75) is 33.7 Å². The zero-order valence-electron chi connectivity index (χ0n) is 17.1. The largest absolute Gasteiger partial charge is 0.503 e. The summed E-state index contributed by atoms with van der Waals surface area (Å²) in [6.45, 7) is 7.44. The summed E-state index contributed by atoms with van der Waals surface area (Å²) in [5, 5.41) is 11.6. The molecule has 0 saturated heterocycles. The second kappa shape index (κ2) is 7.50. The van der Waals surface area contributed by atoms with Crippen LogP contribution in [0.2, 0.25) is 0 Å². The molecule has 6 nitrogen and oxygen atoms in total. The molecular formula is C23H21N3O3S. The van der Waals surface area contributed by atoms with Crippen LogP contribution < -0.4 is 4.90 Å². The van der Waals surface area contributed by atoms with Gasteiger partial charge in [-0.25, -0.2) is 4.98 Å². The molecule has 0 fully saturated rings. The number of hydrogen-bond acceptors (Lipinski definition) is 6. The molecule has 0 bridgehead atoms. The van der Waals surface area contributed by atoms with Gasteiger partial charge in [0.15, 0.2) is 5.76 Å².